The summed E-state index contributed by atoms with van der Waals surface area (Å²) in [6, 6.07) is 6.99. The van der Waals surface area contributed by atoms with Crippen LogP contribution in [0.3, 0.4) is 0 Å². The van der Waals surface area contributed by atoms with Crippen molar-refractivity contribution in [2.75, 3.05) is 0 Å². The lowest BCUT2D eigenvalue weighted by molar-refractivity contribution is 0.111. The van der Waals surface area contributed by atoms with Crippen LogP contribution in [0.25, 0.3) is 17.0 Å². The molecule has 0 aromatic carbocycles. The normalized spacial score (nSPS) is 10.8. The first-order chi connectivity index (χ1) is 9.20. The molecule has 6 heteroatoms. The van der Waals surface area contributed by atoms with Crippen LogP contribution in [-0.2, 0) is 0 Å². The van der Waals surface area contributed by atoms with Crippen LogP contribution >= 0.6 is 23.2 Å². The molecule has 0 N–H and O–H groups in total. The minimum atomic E-state index is 0.373. The standard InChI is InChI=1S/C13H7Cl2N3O/c14-8-5-9(15)13-17-12(10-3-1-2-4-16-10)11(7-19)18(13)6-8/h1-7H. The summed E-state index contributed by atoms with van der Waals surface area (Å²) >= 11 is 12.0. The first kappa shape index (κ1) is 12.1. The summed E-state index contributed by atoms with van der Waals surface area (Å²) < 4.78 is 1.57. The minimum Gasteiger partial charge on any atom is -0.296 e. The van der Waals surface area contributed by atoms with E-state index in [-0.39, 0.29) is 0 Å². The maximum absolute atomic E-state index is 11.3. The van der Waals surface area contributed by atoms with Crippen LogP contribution in [0.2, 0.25) is 10.0 Å². The molecule has 0 radical (unpaired) electrons. The minimum absolute atomic E-state index is 0.373. The molecule has 0 amide bonds. The first-order valence-corrected chi connectivity index (χ1v) is 6.20. The van der Waals surface area contributed by atoms with Gasteiger partial charge < -0.3 is 0 Å². The molecule has 19 heavy (non-hydrogen) atoms. The topological polar surface area (TPSA) is 47.3 Å². The Balaban J connectivity index is 2.38. The molecular weight excluding hydrogens is 285 g/mol. The van der Waals surface area contributed by atoms with Gasteiger partial charge in [-0.05, 0) is 18.2 Å². The van der Waals surface area contributed by atoms with Crippen molar-refractivity contribution in [2.24, 2.45) is 0 Å². The quantitative estimate of drug-likeness (QED) is 0.679. The second kappa shape index (κ2) is 4.64. The SMILES string of the molecule is O=Cc1c(-c2ccccn2)nc2c(Cl)cc(Cl)cn12. The van der Waals surface area contributed by atoms with Gasteiger partial charge in [0.15, 0.2) is 11.9 Å². The highest BCUT2D eigenvalue weighted by Crippen LogP contribution is 2.27. The van der Waals surface area contributed by atoms with E-state index in [2.05, 4.69) is 9.97 Å². The Bertz CT molecular complexity index is 768. The summed E-state index contributed by atoms with van der Waals surface area (Å²) in [5, 5.41) is 0.823. The number of rotatable bonds is 2. The first-order valence-electron chi connectivity index (χ1n) is 5.44. The maximum atomic E-state index is 11.3. The number of fused-ring (bicyclic) bond motifs is 1. The average molecular weight is 292 g/mol. The molecule has 3 rings (SSSR count). The lowest BCUT2D eigenvalue weighted by atomic mass is 10.2. The van der Waals surface area contributed by atoms with Crippen LogP contribution in [-0.4, -0.2) is 20.7 Å². The maximum Gasteiger partial charge on any atom is 0.169 e. The molecule has 0 spiro atoms. The van der Waals surface area contributed by atoms with E-state index in [4.69, 9.17) is 23.2 Å². The van der Waals surface area contributed by atoms with Crippen molar-refractivity contribution in [3.63, 3.8) is 0 Å². The molecule has 0 bridgehead atoms. The van der Waals surface area contributed by atoms with Gasteiger partial charge in [-0.25, -0.2) is 4.98 Å². The number of halogens is 2. The molecule has 3 aromatic heterocycles. The van der Waals surface area contributed by atoms with Crippen molar-refractivity contribution in [1.82, 2.24) is 14.4 Å². The molecule has 4 nitrogen and oxygen atoms in total. The molecule has 0 aliphatic carbocycles. The molecule has 0 saturated carbocycles. The molecule has 0 aliphatic rings. The highest BCUT2D eigenvalue weighted by atomic mass is 35.5. The molecule has 0 unspecified atom stereocenters. The molecular formula is C13H7Cl2N3O. The van der Waals surface area contributed by atoms with Gasteiger partial charge in [-0.3, -0.25) is 14.2 Å². The smallest absolute Gasteiger partial charge is 0.169 e. The molecule has 0 aliphatic heterocycles. The van der Waals surface area contributed by atoms with Gasteiger partial charge in [0.05, 0.1) is 15.7 Å². The van der Waals surface area contributed by atoms with Crippen molar-refractivity contribution >= 4 is 35.1 Å². The van der Waals surface area contributed by atoms with E-state index in [0.29, 0.717) is 32.8 Å². The monoisotopic (exact) mass is 291 g/mol. The number of aldehydes is 1. The van der Waals surface area contributed by atoms with Crippen LogP contribution in [0.1, 0.15) is 10.5 Å². The van der Waals surface area contributed by atoms with E-state index in [0.717, 1.165) is 6.29 Å². The Morgan fingerprint density at radius 3 is 2.79 bits per heavy atom. The van der Waals surface area contributed by atoms with E-state index in [1.54, 1.807) is 35.0 Å². The summed E-state index contributed by atoms with van der Waals surface area (Å²) in [6.45, 7) is 0. The molecule has 94 valence electrons. The van der Waals surface area contributed by atoms with Gasteiger partial charge >= 0.3 is 0 Å². The molecule has 0 atom stereocenters. The van der Waals surface area contributed by atoms with Gasteiger partial charge in [-0.15, -0.1) is 0 Å². The number of aromatic nitrogens is 3. The lowest BCUT2D eigenvalue weighted by Gasteiger charge is -1.99. The second-order valence-electron chi connectivity index (χ2n) is 3.88. The van der Waals surface area contributed by atoms with Gasteiger partial charge in [0.25, 0.3) is 0 Å². The third-order valence-corrected chi connectivity index (χ3v) is 3.18. The van der Waals surface area contributed by atoms with E-state index in [1.807, 2.05) is 6.07 Å². The highest BCUT2D eigenvalue weighted by Gasteiger charge is 2.16. The average Bonchev–Trinajstić information content (AvgIpc) is 2.78. The Hall–Kier alpha value is -1.91. The number of nitrogens with zero attached hydrogens (tertiary/aromatic N) is 3. The van der Waals surface area contributed by atoms with E-state index in [1.165, 1.54) is 0 Å². The Morgan fingerprint density at radius 1 is 1.26 bits per heavy atom. The molecule has 3 heterocycles. The van der Waals surface area contributed by atoms with Gasteiger partial charge in [0, 0.05) is 12.4 Å². The number of carbonyl (C=O) groups excluding carboxylic acids is 1. The van der Waals surface area contributed by atoms with Gasteiger partial charge in [-0.2, -0.15) is 0 Å². The third-order valence-electron chi connectivity index (χ3n) is 2.70. The van der Waals surface area contributed by atoms with Gasteiger partial charge in [-0.1, -0.05) is 29.3 Å². The fourth-order valence-electron chi connectivity index (χ4n) is 1.89. The zero-order valence-corrected chi connectivity index (χ0v) is 11.1. The molecule has 3 aromatic rings. The fraction of sp³-hybridized carbons (Fsp3) is 0. The zero-order valence-electron chi connectivity index (χ0n) is 9.55. The van der Waals surface area contributed by atoms with Crippen molar-refractivity contribution in [3.8, 4) is 11.4 Å². The van der Waals surface area contributed by atoms with Crippen molar-refractivity contribution in [1.29, 1.82) is 0 Å². The summed E-state index contributed by atoms with van der Waals surface area (Å²) in [7, 11) is 0. The Morgan fingerprint density at radius 2 is 2.11 bits per heavy atom. The predicted octanol–water partition coefficient (Wildman–Crippen LogP) is 3.52. The van der Waals surface area contributed by atoms with Crippen molar-refractivity contribution in [2.45, 2.75) is 0 Å². The predicted molar refractivity (Wildman–Crippen MR) is 73.8 cm³/mol. The van der Waals surface area contributed by atoms with Crippen molar-refractivity contribution < 1.29 is 4.79 Å². The summed E-state index contributed by atoms with van der Waals surface area (Å²) in [5.74, 6) is 0. The van der Waals surface area contributed by atoms with Crippen LogP contribution in [0.5, 0.6) is 0 Å². The van der Waals surface area contributed by atoms with Crippen LogP contribution in [0, 0.1) is 0 Å². The van der Waals surface area contributed by atoms with Crippen LogP contribution in [0.15, 0.2) is 36.7 Å². The lowest BCUT2D eigenvalue weighted by Crippen LogP contribution is -1.93. The summed E-state index contributed by atoms with van der Waals surface area (Å²) in [5.41, 5.74) is 1.95. The number of imidazole rings is 1. The van der Waals surface area contributed by atoms with E-state index in [9.17, 15) is 4.79 Å². The third kappa shape index (κ3) is 1.99. The second-order valence-corrected chi connectivity index (χ2v) is 4.72. The highest BCUT2D eigenvalue weighted by molar-refractivity contribution is 6.36. The van der Waals surface area contributed by atoms with Crippen LogP contribution < -0.4 is 0 Å². The number of carbonyl (C=O) groups is 1. The van der Waals surface area contributed by atoms with E-state index < -0.39 is 0 Å². The van der Waals surface area contributed by atoms with Gasteiger partial charge in [0.2, 0.25) is 0 Å². The summed E-state index contributed by atoms with van der Waals surface area (Å²) in [4.78, 5) is 19.9. The molecule has 0 saturated heterocycles. The van der Waals surface area contributed by atoms with E-state index >= 15 is 0 Å². The van der Waals surface area contributed by atoms with Crippen LogP contribution in [0.4, 0.5) is 0 Å². The zero-order chi connectivity index (χ0) is 13.4. The number of hydrogen-bond acceptors (Lipinski definition) is 3. The Kier molecular flexibility index (Phi) is 2.97. The Labute approximate surface area is 118 Å². The largest absolute Gasteiger partial charge is 0.296 e. The van der Waals surface area contributed by atoms with Gasteiger partial charge in [0.1, 0.15) is 11.4 Å². The molecule has 0 fully saturated rings. The number of hydrogen-bond donors (Lipinski definition) is 0. The number of pyridine rings is 2. The summed E-state index contributed by atoms with van der Waals surface area (Å²) in [6.07, 6.45) is 3.96. The van der Waals surface area contributed by atoms with Crippen molar-refractivity contribution in [3.05, 3.63) is 52.4 Å². The fourth-order valence-corrected chi connectivity index (χ4v) is 2.41.